The van der Waals surface area contributed by atoms with Gasteiger partial charge in [-0.2, -0.15) is 0 Å². The van der Waals surface area contributed by atoms with Crippen LogP contribution in [0.1, 0.15) is 10.6 Å². The average Bonchev–Trinajstić information content (AvgIpc) is 2.46. The van der Waals surface area contributed by atoms with E-state index < -0.39 is 11.8 Å². The van der Waals surface area contributed by atoms with Gasteiger partial charge in [-0.05, 0) is 12.1 Å². The molecule has 0 aliphatic rings. The van der Waals surface area contributed by atoms with Crippen LogP contribution < -0.4 is 0 Å². The highest BCUT2D eigenvalue weighted by Crippen LogP contribution is 2.08. The first-order valence-corrected chi connectivity index (χ1v) is 3.54. The molecule has 2 rings (SSSR count). The van der Waals surface area contributed by atoms with Crippen LogP contribution in [0.5, 0.6) is 0 Å². The van der Waals surface area contributed by atoms with Crippen LogP contribution in [-0.4, -0.2) is 20.5 Å². The molecule has 0 aromatic carbocycles. The Hall–Kier alpha value is -1.91. The lowest BCUT2D eigenvalue weighted by Crippen LogP contribution is -2.03. The summed E-state index contributed by atoms with van der Waals surface area (Å²) in [6, 6.07) is 2.40. The van der Waals surface area contributed by atoms with Crippen molar-refractivity contribution in [1.82, 2.24) is 9.38 Å². The van der Waals surface area contributed by atoms with Crippen molar-refractivity contribution in [3.05, 3.63) is 36.2 Å². The summed E-state index contributed by atoms with van der Waals surface area (Å²) in [4.78, 5) is 14.2. The van der Waals surface area contributed by atoms with Crippen molar-refractivity contribution in [3.63, 3.8) is 0 Å². The van der Waals surface area contributed by atoms with E-state index in [-0.39, 0.29) is 5.82 Å². The Labute approximate surface area is 72.3 Å². The highest BCUT2D eigenvalue weighted by Gasteiger charge is 2.10. The van der Waals surface area contributed by atoms with E-state index in [0.29, 0.717) is 5.52 Å². The number of halogens is 1. The smallest absolute Gasteiger partial charge is 0.372 e. The minimum absolute atomic E-state index is 0.116. The van der Waals surface area contributed by atoms with E-state index in [1.165, 1.54) is 28.9 Å². The van der Waals surface area contributed by atoms with Crippen LogP contribution in [0.3, 0.4) is 0 Å². The van der Waals surface area contributed by atoms with Crippen molar-refractivity contribution in [3.8, 4) is 0 Å². The molecule has 2 aromatic heterocycles. The second kappa shape index (κ2) is 2.55. The quantitative estimate of drug-likeness (QED) is 0.716. The van der Waals surface area contributed by atoms with Gasteiger partial charge >= 0.3 is 5.97 Å². The second-order valence-electron chi connectivity index (χ2n) is 2.53. The molecule has 13 heavy (non-hydrogen) atoms. The molecule has 0 bridgehead atoms. The Morgan fingerprint density at radius 3 is 3.08 bits per heavy atom. The largest absolute Gasteiger partial charge is 0.475 e. The molecule has 0 radical (unpaired) electrons. The standard InChI is InChI=1S/C8H5FN2O2/c9-5-1-2-11-6(3-5)4-10-7(11)8(12)13/h1-4H,(H,12,13). The van der Waals surface area contributed by atoms with Crippen LogP contribution in [0.4, 0.5) is 4.39 Å². The van der Waals surface area contributed by atoms with Crippen LogP contribution in [0, 0.1) is 5.82 Å². The van der Waals surface area contributed by atoms with Gasteiger partial charge in [0, 0.05) is 6.20 Å². The van der Waals surface area contributed by atoms with E-state index >= 15 is 0 Å². The number of rotatable bonds is 1. The lowest BCUT2D eigenvalue weighted by atomic mass is 10.4. The topological polar surface area (TPSA) is 54.6 Å². The van der Waals surface area contributed by atoms with Gasteiger partial charge in [0.15, 0.2) is 0 Å². The first-order valence-electron chi connectivity index (χ1n) is 3.54. The lowest BCUT2D eigenvalue weighted by Gasteiger charge is -1.95. The van der Waals surface area contributed by atoms with Gasteiger partial charge < -0.3 is 5.11 Å². The fourth-order valence-corrected chi connectivity index (χ4v) is 1.13. The first kappa shape index (κ1) is 7.72. The molecule has 0 saturated heterocycles. The van der Waals surface area contributed by atoms with E-state index in [4.69, 9.17) is 5.11 Å². The number of pyridine rings is 1. The zero-order valence-electron chi connectivity index (χ0n) is 6.44. The second-order valence-corrected chi connectivity index (χ2v) is 2.53. The summed E-state index contributed by atoms with van der Waals surface area (Å²) in [6.07, 6.45) is 2.65. The zero-order chi connectivity index (χ0) is 9.42. The van der Waals surface area contributed by atoms with Gasteiger partial charge in [-0.3, -0.25) is 4.40 Å². The number of carboxylic acids is 1. The Morgan fingerprint density at radius 1 is 1.62 bits per heavy atom. The van der Waals surface area contributed by atoms with Gasteiger partial charge in [-0.15, -0.1) is 0 Å². The average molecular weight is 180 g/mol. The summed E-state index contributed by atoms with van der Waals surface area (Å²) in [5.74, 6) is -1.66. The number of hydrogen-bond donors (Lipinski definition) is 1. The molecule has 2 heterocycles. The summed E-state index contributed by atoms with van der Waals surface area (Å²) in [6.45, 7) is 0. The molecule has 0 aliphatic heterocycles. The number of carboxylic acid groups (broad SMARTS) is 1. The fourth-order valence-electron chi connectivity index (χ4n) is 1.13. The molecule has 0 amide bonds. The summed E-state index contributed by atoms with van der Waals surface area (Å²) < 4.78 is 14.0. The normalized spacial score (nSPS) is 10.5. The van der Waals surface area contributed by atoms with Crippen LogP contribution in [0.15, 0.2) is 24.5 Å². The number of nitrogens with zero attached hydrogens (tertiary/aromatic N) is 2. The SMILES string of the molecule is O=C(O)c1ncc2cc(F)ccn12. The maximum Gasteiger partial charge on any atom is 0.372 e. The Bertz CT molecular complexity index is 478. The van der Waals surface area contributed by atoms with Crippen LogP contribution in [0.2, 0.25) is 0 Å². The Morgan fingerprint density at radius 2 is 2.38 bits per heavy atom. The molecule has 5 heteroatoms. The minimum Gasteiger partial charge on any atom is -0.475 e. The van der Waals surface area contributed by atoms with Crippen molar-refractivity contribution in [2.24, 2.45) is 0 Å². The van der Waals surface area contributed by atoms with Crippen molar-refractivity contribution in [1.29, 1.82) is 0 Å². The maximum absolute atomic E-state index is 12.7. The van der Waals surface area contributed by atoms with Crippen LogP contribution in [-0.2, 0) is 0 Å². The fraction of sp³-hybridized carbons (Fsp3) is 0. The molecule has 1 N–H and O–H groups in total. The molecule has 0 unspecified atom stereocenters. The van der Waals surface area contributed by atoms with E-state index in [2.05, 4.69) is 4.98 Å². The Kier molecular flexibility index (Phi) is 1.51. The number of aromatic nitrogens is 2. The maximum atomic E-state index is 12.7. The van der Waals surface area contributed by atoms with E-state index in [1.807, 2.05) is 0 Å². The summed E-state index contributed by atoms with van der Waals surface area (Å²) >= 11 is 0. The lowest BCUT2D eigenvalue weighted by molar-refractivity contribution is 0.0683. The summed E-state index contributed by atoms with van der Waals surface area (Å²) in [5, 5.41) is 8.66. The number of hydrogen-bond acceptors (Lipinski definition) is 2. The third-order valence-corrected chi connectivity index (χ3v) is 1.69. The molecule has 0 fully saturated rings. The van der Waals surface area contributed by atoms with Crippen molar-refractivity contribution < 1.29 is 14.3 Å². The van der Waals surface area contributed by atoms with Gasteiger partial charge in [-0.25, -0.2) is 14.2 Å². The minimum atomic E-state index is -1.13. The van der Waals surface area contributed by atoms with Crippen molar-refractivity contribution in [2.45, 2.75) is 0 Å². The van der Waals surface area contributed by atoms with E-state index in [1.54, 1.807) is 0 Å². The number of aromatic carboxylic acids is 1. The molecule has 2 aromatic rings. The monoisotopic (exact) mass is 180 g/mol. The molecule has 66 valence electrons. The van der Waals surface area contributed by atoms with Gasteiger partial charge in [0.2, 0.25) is 5.82 Å². The molecule has 0 spiro atoms. The molecule has 0 atom stereocenters. The summed E-state index contributed by atoms with van der Waals surface area (Å²) in [7, 11) is 0. The van der Waals surface area contributed by atoms with Gasteiger partial charge in [0.1, 0.15) is 5.82 Å². The highest BCUT2D eigenvalue weighted by molar-refractivity contribution is 5.84. The van der Waals surface area contributed by atoms with E-state index in [0.717, 1.165) is 0 Å². The third kappa shape index (κ3) is 1.14. The predicted octanol–water partition coefficient (Wildman–Crippen LogP) is 1.17. The first-order chi connectivity index (χ1) is 6.18. The Balaban J connectivity index is 2.76. The highest BCUT2D eigenvalue weighted by atomic mass is 19.1. The van der Waals surface area contributed by atoms with Crippen molar-refractivity contribution in [2.75, 3.05) is 0 Å². The van der Waals surface area contributed by atoms with Gasteiger partial charge in [0.25, 0.3) is 0 Å². The van der Waals surface area contributed by atoms with Crippen LogP contribution in [0.25, 0.3) is 5.52 Å². The number of carbonyl (C=O) groups is 1. The zero-order valence-corrected chi connectivity index (χ0v) is 6.44. The third-order valence-electron chi connectivity index (χ3n) is 1.69. The van der Waals surface area contributed by atoms with Crippen LogP contribution >= 0.6 is 0 Å². The van der Waals surface area contributed by atoms with Crippen molar-refractivity contribution >= 4 is 11.5 Å². The van der Waals surface area contributed by atoms with Gasteiger partial charge in [-0.1, -0.05) is 0 Å². The number of imidazole rings is 1. The predicted molar refractivity (Wildman–Crippen MR) is 42.1 cm³/mol. The molecule has 4 nitrogen and oxygen atoms in total. The molecular weight excluding hydrogens is 175 g/mol. The molecule has 0 aliphatic carbocycles. The van der Waals surface area contributed by atoms with E-state index in [9.17, 15) is 9.18 Å². The molecular formula is C8H5FN2O2. The molecule has 0 saturated carbocycles. The number of fused-ring (bicyclic) bond motifs is 1. The summed E-state index contributed by atoms with van der Waals surface area (Å²) in [5.41, 5.74) is 0.428. The van der Waals surface area contributed by atoms with Gasteiger partial charge in [0.05, 0.1) is 11.7 Å².